The third-order valence-electron chi connectivity index (χ3n) is 3.58. The number of hydrogen-bond acceptors (Lipinski definition) is 4. The number of hydrogen-bond donors (Lipinski definition) is 1. The summed E-state index contributed by atoms with van der Waals surface area (Å²) in [6, 6.07) is 12.9. The fourth-order valence-electron chi connectivity index (χ4n) is 2.38. The van der Waals surface area contributed by atoms with E-state index in [0.717, 1.165) is 24.3 Å². The lowest BCUT2D eigenvalue weighted by Crippen LogP contribution is -2.24. The molecule has 0 saturated heterocycles. The number of ether oxygens (including phenoxy) is 1. The Balaban J connectivity index is 1.52. The molecule has 0 atom stereocenters. The van der Waals surface area contributed by atoms with E-state index in [1.165, 1.54) is 0 Å². The molecule has 0 bridgehead atoms. The number of aryl methyl sites for hydroxylation is 1. The Morgan fingerprint density at radius 2 is 2.13 bits per heavy atom. The lowest BCUT2D eigenvalue weighted by atomic mass is 10.2. The predicted molar refractivity (Wildman–Crippen MR) is 86.6 cm³/mol. The second kappa shape index (κ2) is 6.91. The zero-order valence-electron chi connectivity index (χ0n) is 12.9. The zero-order chi connectivity index (χ0) is 16.1. The van der Waals surface area contributed by atoms with Crippen LogP contribution in [0.1, 0.15) is 22.6 Å². The van der Waals surface area contributed by atoms with Crippen LogP contribution in [0.15, 0.2) is 48.7 Å². The van der Waals surface area contributed by atoms with Crippen LogP contribution in [0.25, 0.3) is 5.65 Å². The number of rotatable bonds is 6. The van der Waals surface area contributed by atoms with Gasteiger partial charge in [-0.3, -0.25) is 9.20 Å². The molecule has 6 nitrogen and oxygen atoms in total. The molecule has 0 fully saturated rings. The molecule has 2 aromatic heterocycles. The molecular formula is C17H18N4O2. The number of carbonyl (C=O) groups is 1. The average Bonchev–Trinajstić information content (AvgIpc) is 3.02. The maximum atomic E-state index is 12.1. The number of fused-ring (bicyclic) bond motifs is 1. The Hall–Kier alpha value is -2.89. The van der Waals surface area contributed by atoms with Crippen LogP contribution in [0.4, 0.5) is 0 Å². The molecule has 0 radical (unpaired) electrons. The molecule has 0 unspecified atom stereocenters. The van der Waals surface area contributed by atoms with Crippen LogP contribution in [0, 0.1) is 0 Å². The van der Waals surface area contributed by atoms with Gasteiger partial charge in [-0.15, -0.1) is 10.2 Å². The summed E-state index contributed by atoms with van der Waals surface area (Å²) >= 11 is 0. The SMILES string of the molecule is COc1cccc(C(=O)NCCCc2nnc3ccccn23)c1. The minimum absolute atomic E-state index is 0.102. The highest BCUT2D eigenvalue weighted by Crippen LogP contribution is 2.12. The van der Waals surface area contributed by atoms with Gasteiger partial charge in [0.1, 0.15) is 11.6 Å². The Kier molecular flexibility index (Phi) is 4.52. The molecule has 3 rings (SSSR count). The summed E-state index contributed by atoms with van der Waals surface area (Å²) < 4.78 is 7.08. The molecule has 1 N–H and O–H groups in total. The van der Waals surface area contributed by atoms with E-state index in [1.807, 2.05) is 34.9 Å². The quantitative estimate of drug-likeness (QED) is 0.708. The highest BCUT2D eigenvalue weighted by Gasteiger charge is 2.07. The number of nitrogens with zero attached hydrogens (tertiary/aromatic N) is 3. The van der Waals surface area contributed by atoms with Crippen molar-refractivity contribution < 1.29 is 9.53 Å². The molecule has 0 spiro atoms. The molecule has 0 saturated carbocycles. The summed E-state index contributed by atoms with van der Waals surface area (Å²) in [5, 5.41) is 11.2. The minimum atomic E-state index is -0.102. The van der Waals surface area contributed by atoms with Gasteiger partial charge in [0, 0.05) is 24.7 Å². The van der Waals surface area contributed by atoms with Gasteiger partial charge in [0.15, 0.2) is 5.65 Å². The van der Waals surface area contributed by atoms with Crippen molar-refractivity contribution in [1.82, 2.24) is 19.9 Å². The van der Waals surface area contributed by atoms with Crippen LogP contribution in [0.2, 0.25) is 0 Å². The largest absolute Gasteiger partial charge is 0.497 e. The van der Waals surface area contributed by atoms with Gasteiger partial charge in [-0.1, -0.05) is 12.1 Å². The smallest absolute Gasteiger partial charge is 0.251 e. The third kappa shape index (κ3) is 3.48. The Labute approximate surface area is 134 Å². The Bertz CT molecular complexity index is 813. The predicted octanol–water partition coefficient (Wildman–Crippen LogP) is 2.10. The number of benzene rings is 1. The Morgan fingerprint density at radius 3 is 3.00 bits per heavy atom. The van der Waals surface area contributed by atoms with Crippen LogP contribution >= 0.6 is 0 Å². The van der Waals surface area contributed by atoms with Gasteiger partial charge in [-0.05, 0) is 36.8 Å². The first-order valence-electron chi connectivity index (χ1n) is 7.49. The van der Waals surface area contributed by atoms with Crippen molar-refractivity contribution in [3.05, 3.63) is 60.0 Å². The number of aromatic nitrogens is 3. The molecule has 3 aromatic rings. The van der Waals surface area contributed by atoms with E-state index in [0.29, 0.717) is 17.9 Å². The van der Waals surface area contributed by atoms with E-state index in [9.17, 15) is 4.79 Å². The first-order valence-corrected chi connectivity index (χ1v) is 7.49. The molecule has 1 aromatic carbocycles. The van der Waals surface area contributed by atoms with Gasteiger partial charge >= 0.3 is 0 Å². The standard InChI is InChI=1S/C17H18N4O2/c1-23-14-7-4-6-13(12-14)17(22)18-10-5-9-16-20-19-15-8-2-3-11-21(15)16/h2-4,6-8,11-12H,5,9-10H2,1H3,(H,18,22). The minimum Gasteiger partial charge on any atom is -0.497 e. The second-order valence-electron chi connectivity index (χ2n) is 5.14. The summed E-state index contributed by atoms with van der Waals surface area (Å²) in [6.07, 6.45) is 3.49. The second-order valence-corrected chi connectivity index (χ2v) is 5.14. The van der Waals surface area contributed by atoms with Gasteiger partial charge in [0.2, 0.25) is 0 Å². The molecule has 118 valence electrons. The lowest BCUT2D eigenvalue weighted by Gasteiger charge is -2.06. The van der Waals surface area contributed by atoms with Crippen LogP contribution in [-0.4, -0.2) is 34.2 Å². The van der Waals surface area contributed by atoms with Crippen LogP contribution in [0.3, 0.4) is 0 Å². The summed E-state index contributed by atoms with van der Waals surface area (Å²) in [7, 11) is 1.58. The van der Waals surface area contributed by atoms with Gasteiger partial charge < -0.3 is 10.1 Å². The van der Waals surface area contributed by atoms with E-state index in [-0.39, 0.29) is 5.91 Å². The maximum Gasteiger partial charge on any atom is 0.251 e. The highest BCUT2D eigenvalue weighted by molar-refractivity contribution is 5.94. The molecule has 0 aliphatic heterocycles. The lowest BCUT2D eigenvalue weighted by molar-refractivity contribution is 0.0953. The number of nitrogens with one attached hydrogen (secondary N) is 1. The average molecular weight is 310 g/mol. The van der Waals surface area contributed by atoms with Gasteiger partial charge in [-0.2, -0.15) is 0 Å². The van der Waals surface area contributed by atoms with Crippen molar-refractivity contribution in [1.29, 1.82) is 0 Å². The molecule has 6 heteroatoms. The van der Waals surface area contributed by atoms with Crippen LogP contribution in [-0.2, 0) is 6.42 Å². The van der Waals surface area contributed by atoms with Gasteiger partial charge in [0.25, 0.3) is 5.91 Å². The summed E-state index contributed by atoms with van der Waals surface area (Å²) in [4.78, 5) is 12.1. The van der Waals surface area contributed by atoms with E-state index >= 15 is 0 Å². The first-order chi connectivity index (χ1) is 11.3. The first kappa shape index (κ1) is 15.0. The van der Waals surface area contributed by atoms with Crippen molar-refractivity contribution >= 4 is 11.6 Å². The van der Waals surface area contributed by atoms with Crippen molar-refractivity contribution in [2.45, 2.75) is 12.8 Å². The molecule has 23 heavy (non-hydrogen) atoms. The zero-order valence-corrected chi connectivity index (χ0v) is 12.9. The number of pyridine rings is 1. The molecule has 1 amide bonds. The topological polar surface area (TPSA) is 68.5 Å². The monoisotopic (exact) mass is 310 g/mol. The summed E-state index contributed by atoms with van der Waals surface area (Å²) in [5.41, 5.74) is 1.43. The van der Waals surface area contributed by atoms with Crippen molar-refractivity contribution in [2.24, 2.45) is 0 Å². The fourth-order valence-corrected chi connectivity index (χ4v) is 2.38. The number of amides is 1. The normalized spacial score (nSPS) is 10.7. The number of methoxy groups -OCH3 is 1. The summed E-state index contributed by atoms with van der Waals surface area (Å²) in [6.45, 7) is 0.581. The maximum absolute atomic E-state index is 12.1. The summed E-state index contributed by atoms with van der Waals surface area (Å²) in [5.74, 6) is 1.47. The molecule has 0 aliphatic carbocycles. The van der Waals surface area contributed by atoms with Crippen LogP contribution < -0.4 is 10.1 Å². The molecule has 0 aliphatic rings. The number of carbonyl (C=O) groups excluding carboxylic acids is 1. The van der Waals surface area contributed by atoms with Crippen molar-refractivity contribution in [3.8, 4) is 5.75 Å². The molecular weight excluding hydrogens is 292 g/mol. The highest BCUT2D eigenvalue weighted by atomic mass is 16.5. The fraction of sp³-hybridized carbons (Fsp3) is 0.235. The third-order valence-corrected chi connectivity index (χ3v) is 3.58. The Morgan fingerprint density at radius 1 is 1.22 bits per heavy atom. The van der Waals surface area contributed by atoms with Crippen molar-refractivity contribution in [2.75, 3.05) is 13.7 Å². The van der Waals surface area contributed by atoms with Crippen LogP contribution in [0.5, 0.6) is 5.75 Å². The van der Waals surface area contributed by atoms with E-state index in [2.05, 4.69) is 15.5 Å². The van der Waals surface area contributed by atoms with Crippen molar-refractivity contribution in [3.63, 3.8) is 0 Å². The van der Waals surface area contributed by atoms with E-state index in [1.54, 1.807) is 25.3 Å². The van der Waals surface area contributed by atoms with E-state index < -0.39 is 0 Å². The van der Waals surface area contributed by atoms with Gasteiger partial charge in [0.05, 0.1) is 7.11 Å². The van der Waals surface area contributed by atoms with E-state index in [4.69, 9.17) is 4.74 Å². The van der Waals surface area contributed by atoms with Gasteiger partial charge in [-0.25, -0.2) is 0 Å². The molecule has 2 heterocycles.